The number of rotatable bonds is 13. The summed E-state index contributed by atoms with van der Waals surface area (Å²) in [5.41, 5.74) is 0. The standard InChI is InChI=1S/C18H29NO7S/c1-13(2)7-5-4-6-8-14(20)11-26-12-15(21)10-19-17(22)9-16(18(19)23)27(3,24)25/h13,16H,4-12H2,1-3H3. The first kappa shape index (κ1) is 23.4. The van der Waals surface area contributed by atoms with Gasteiger partial charge in [0.25, 0.3) is 0 Å². The van der Waals surface area contributed by atoms with Crippen LogP contribution in [0.4, 0.5) is 0 Å². The Labute approximate surface area is 160 Å². The van der Waals surface area contributed by atoms with Crippen LogP contribution in [0.25, 0.3) is 0 Å². The van der Waals surface area contributed by atoms with Gasteiger partial charge in [0, 0.05) is 12.7 Å². The number of likely N-dealkylation sites (tertiary alicyclic amines) is 1. The summed E-state index contributed by atoms with van der Waals surface area (Å²) < 4.78 is 28.0. The van der Waals surface area contributed by atoms with Crippen molar-refractivity contribution in [1.29, 1.82) is 0 Å². The molecule has 9 heteroatoms. The minimum Gasteiger partial charge on any atom is -0.366 e. The molecule has 0 aromatic carbocycles. The molecule has 8 nitrogen and oxygen atoms in total. The third-order valence-electron chi connectivity index (χ3n) is 4.32. The largest absolute Gasteiger partial charge is 0.366 e. The van der Waals surface area contributed by atoms with Crippen molar-refractivity contribution >= 4 is 33.2 Å². The van der Waals surface area contributed by atoms with Crippen molar-refractivity contribution in [2.24, 2.45) is 5.92 Å². The lowest BCUT2D eigenvalue weighted by Crippen LogP contribution is -2.39. The van der Waals surface area contributed by atoms with Crippen molar-refractivity contribution in [2.45, 2.75) is 57.6 Å². The van der Waals surface area contributed by atoms with Gasteiger partial charge in [0.1, 0.15) is 18.5 Å². The van der Waals surface area contributed by atoms with E-state index in [4.69, 9.17) is 4.74 Å². The smallest absolute Gasteiger partial charge is 0.248 e. The number of nitrogens with zero attached hydrogens (tertiary/aromatic N) is 1. The Balaban J connectivity index is 2.27. The van der Waals surface area contributed by atoms with Crippen molar-refractivity contribution in [1.82, 2.24) is 4.90 Å². The van der Waals surface area contributed by atoms with Gasteiger partial charge in [-0.25, -0.2) is 8.42 Å². The second-order valence-corrected chi connectivity index (χ2v) is 9.63. The van der Waals surface area contributed by atoms with Gasteiger partial charge in [-0.1, -0.05) is 33.1 Å². The van der Waals surface area contributed by atoms with Gasteiger partial charge in [0.05, 0.1) is 13.0 Å². The molecule has 0 spiro atoms. The number of hydrogen-bond acceptors (Lipinski definition) is 7. The number of amides is 2. The molecule has 2 amide bonds. The summed E-state index contributed by atoms with van der Waals surface area (Å²) in [4.78, 5) is 47.9. The molecule has 1 unspecified atom stereocenters. The highest BCUT2D eigenvalue weighted by molar-refractivity contribution is 7.92. The quantitative estimate of drug-likeness (QED) is 0.332. The number of ketones is 2. The highest BCUT2D eigenvalue weighted by Crippen LogP contribution is 2.19. The van der Waals surface area contributed by atoms with Crippen molar-refractivity contribution in [3.8, 4) is 0 Å². The lowest BCUT2D eigenvalue weighted by atomic mass is 10.0. The predicted molar refractivity (Wildman–Crippen MR) is 98.7 cm³/mol. The van der Waals surface area contributed by atoms with Gasteiger partial charge in [0.2, 0.25) is 11.8 Å². The number of unbranched alkanes of at least 4 members (excludes halogenated alkanes) is 2. The van der Waals surface area contributed by atoms with Gasteiger partial charge in [-0.05, 0) is 12.3 Å². The van der Waals surface area contributed by atoms with Crippen molar-refractivity contribution in [2.75, 3.05) is 26.0 Å². The number of carbonyl (C=O) groups excluding carboxylic acids is 4. The number of Topliss-reactive ketones (excluding diaryl/α,β-unsaturated/α-hetero) is 2. The number of hydrogen-bond donors (Lipinski definition) is 0. The second kappa shape index (κ2) is 10.7. The van der Waals surface area contributed by atoms with E-state index in [0.717, 1.165) is 31.9 Å². The molecular formula is C18H29NO7S. The van der Waals surface area contributed by atoms with E-state index in [2.05, 4.69) is 13.8 Å². The Kier molecular flexibility index (Phi) is 9.25. The van der Waals surface area contributed by atoms with Gasteiger partial charge in [-0.3, -0.25) is 24.1 Å². The normalized spacial score (nSPS) is 17.8. The van der Waals surface area contributed by atoms with Gasteiger partial charge >= 0.3 is 0 Å². The molecule has 0 aliphatic carbocycles. The molecule has 0 aromatic rings. The second-order valence-electron chi connectivity index (χ2n) is 7.40. The van der Waals surface area contributed by atoms with Crippen LogP contribution in [0.3, 0.4) is 0 Å². The first-order valence-electron chi connectivity index (χ1n) is 9.16. The first-order valence-corrected chi connectivity index (χ1v) is 11.1. The zero-order valence-electron chi connectivity index (χ0n) is 16.2. The first-order chi connectivity index (χ1) is 12.5. The van der Waals surface area contributed by atoms with E-state index in [9.17, 15) is 27.6 Å². The lowest BCUT2D eigenvalue weighted by Gasteiger charge is -2.13. The monoisotopic (exact) mass is 403 g/mol. The summed E-state index contributed by atoms with van der Waals surface area (Å²) in [5.74, 6) is -1.58. The van der Waals surface area contributed by atoms with Crippen LogP contribution in [-0.2, 0) is 33.8 Å². The Morgan fingerprint density at radius 2 is 1.74 bits per heavy atom. The zero-order valence-corrected chi connectivity index (χ0v) is 17.0. The maximum atomic E-state index is 12.0. The SMILES string of the molecule is CC(C)CCCCCC(=O)COCC(=O)CN1C(=O)CC(S(C)(=O)=O)C1=O. The van der Waals surface area contributed by atoms with Gasteiger partial charge in [-0.15, -0.1) is 0 Å². The van der Waals surface area contributed by atoms with Crippen molar-refractivity contribution in [3.05, 3.63) is 0 Å². The third-order valence-corrected chi connectivity index (χ3v) is 5.72. The molecule has 0 saturated carbocycles. The van der Waals surface area contributed by atoms with Crippen LogP contribution in [0.15, 0.2) is 0 Å². The molecule has 0 radical (unpaired) electrons. The molecular weight excluding hydrogens is 374 g/mol. The van der Waals surface area contributed by atoms with Crippen LogP contribution in [0.1, 0.15) is 52.4 Å². The molecule has 0 N–H and O–H groups in total. The van der Waals surface area contributed by atoms with E-state index in [1.807, 2.05) is 0 Å². The minimum atomic E-state index is -3.70. The van der Waals surface area contributed by atoms with Crippen molar-refractivity contribution in [3.63, 3.8) is 0 Å². The summed E-state index contributed by atoms with van der Waals surface area (Å²) in [6.07, 6.45) is 4.80. The van der Waals surface area contributed by atoms with Crippen LogP contribution >= 0.6 is 0 Å². The fourth-order valence-corrected chi connectivity index (χ4v) is 3.72. The molecule has 1 aliphatic heterocycles. The highest BCUT2D eigenvalue weighted by Gasteiger charge is 2.44. The molecule has 1 saturated heterocycles. The Hall–Kier alpha value is -1.61. The number of carbonyl (C=O) groups is 4. The fraction of sp³-hybridized carbons (Fsp3) is 0.778. The van der Waals surface area contributed by atoms with Crippen LogP contribution in [-0.4, -0.2) is 68.0 Å². The van der Waals surface area contributed by atoms with Crippen molar-refractivity contribution < 1.29 is 32.3 Å². The summed E-state index contributed by atoms with van der Waals surface area (Å²) in [5, 5.41) is -1.42. The van der Waals surface area contributed by atoms with E-state index in [0.29, 0.717) is 17.2 Å². The number of imide groups is 1. The Morgan fingerprint density at radius 3 is 2.30 bits per heavy atom. The average molecular weight is 403 g/mol. The molecule has 1 heterocycles. The van der Waals surface area contributed by atoms with E-state index < -0.39 is 52.3 Å². The van der Waals surface area contributed by atoms with Gasteiger partial charge in [-0.2, -0.15) is 0 Å². The van der Waals surface area contributed by atoms with E-state index in [1.165, 1.54) is 0 Å². The van der Waals surface area contributed by atoms with Crippen LogP contribution in [0.2, 0.25) is 0 Å². The molecule has 1 atom stereocenters. The molecule has 27 heavy (non-hydrogen) atoms. The zero-order chi connectivity index (χ0) is 20.6. The van der Waals surface area contributed by atoms with Crippen LogP contribution in [0.5, 0.6) is 0 Å². The van der Waals surface area contributed by atoms with Gasteiger partial charge < -0.3 is 4.74 Å². The molecule has 0 bridgehead atoms. The molecule has 154 valence electrons. The van der Waals surface area contributed by atoms with Crippen LogP contribution in [0, 0.1) is 5.92 Å². The molecule has 0 aromatic heterocycles. The van der Waals surface area contributed by atoms with Crippen LogP contribution < -0.4 is 0 Å². The van der Waals surface area contributed by atoms with E-state index in [-0.39, 0.29) is 12.4 Å². The number of ether oxygens (including phenoxy) is 1. The Bertz CT molecular complexity index is 669. The predicted octanol–water partition coefficient (Wildman–Crippen LogP) is 0.920. The number of sulfone groups is 1. The van der Waals surface area contributed by atoms with E-state index in [1.54, 1.807) is 0 Å². The minimum absolute atomic E-state index is 0.0992. The summed E-state index contributed by atoms with van der Waals surface area (Å²) in [6.45, 7) is 3.18. The maximum Gasteiger partial charge on any atom is 0.248 e. The van der Waals surface area contributed by atoms with E-state index >= 15 is 0 Å². The average Bonchev–Trinajstić information content (AvgIpc) is 2.82. The highest BCUT2D eigenvalue weighted by atomic mass is 32.2. The molecule has 1 fully saturated rings. The molecule has 1 aliphatic rings. The lowest BCUT2D eigenvalue weighted by molar-refractivity contribution is -0.143. The Morgan fingerprint density at radius 1 is 1.11 bits per heavy atom. The summed E-state index contributed by atoms with van der Waals surface area (Å²) >= 11 is 0. The third kappa shape index (κ3) is 8.30. The van der Waals surface area contributed by atoms with Gasteiger partial charge in [0.15, 0.2) is 21.4 Å². The topological polar surface area (TPSA) is 115 Å². The summed E-state index contributed by atoms with van der Waals surface area (Å²) in [6, 6.07) is 0. The summed E-state index contributed by atoms with van der Waals surface area (Å²) in [7, 11) is -3.70. The molecule has 1 rings (SSSR count). The maximum absolute atomic E-state index is 12.0. The fourth-order valence-electron chi connectivity index (χ4n) is 2.78.